The normalized spacial score (nSPS) is 12.6. The van der Waals surface area contributed by atoms with Gasteiger partial charge >= 0.3 is 0 Å². The predicted octanol–water partition coefficient (Wildman–Crippen LogP) is 2.06. The molecule has 0 radical (unpaired) electrons. The van der Waals surface area contributed by atoms with E-state index < -0.39 is 0 Å². The van der Waals surface area contributed by atoms with E-state index in [0.29, 0.717) is 5.56 Å². The standard InChI is InChI=1S/C11H11N3/c1-7(13)10-6-14-11-3-2-8(5-12)4-9(10)11/h2-4,6-7,14H,13H2,1H3/t7-/m0/s1. The van der Waals surface area contributed by atoms with E-state index in [1.54, 1.807) is 6.07 Å². The number of fused-ring (bicyclic) bond motifs is 1. The van der Waals surface area contributed by atoms with Crippen molar-refractivity contribution >= 4 is 10.9 Å². The molecule has 14 heavy (non-hydrogen) atoms. The van der Waals surface area contributed by atoms with E-state index in [-0.39, 0.29) is 6.04 Å². The first-order chi connectivity index (χ1) is 6.72. The van der Waals surface area contributed by atoms with E-state index in [0.717, 1.165) is 16.5 Å². The lowest BCUT2D eigenvalue weighted by molar-refractivity contribution is 0.826. The molecule has 0 saturated carbocycles. The second kappa shape index (κ2) is 3.17. The van der Waals surface area contributed by atoms with E-state index in [9.17, 15) is 0 Å². The highest BCUT2D eigenvalue weighted by molar-refractivity contribution is 5.84. The molecule has 0 fully saturated rings. The molecule has 0 bridgehead atoms. The summed E-state index contributed by atoms with van der Waals surface area (Å²) in [7, 11) is 0. The van der Waals surface area contributed by atoms with Crippen LogP contribution in [0.4, 0.5) is 0 Å². The van der Waals surface area contributed by atoms with Gasteiger partial charge in [-0.2, -0.15) is 5.26 Å². The van der Waals surface area contributed by atoms with E-state index in [1.165, 1.54) is 0 Å². The van der Waals surface area contributed by atoms with Crippen molar-refractivity contribution < 1.29 is 0 Å². The Morgan fingerprint density at radius 1 is 1.50 bits per heavy atom. The predicted molar refractivity (Wildman–Crippen MR) is 55.6 cm³/mol. The van der Waals surface area contributed by atoms with E-state index in [4.69, 9.17) is 11.0 Å². The van der Waals surface area contributed by atoms with E-state index >= 15 is 0 Å². The number of hydrogen-bond acceptors (Lipinski definition) is 2. The molecule has 70 valence electrons. The summed E-state index contributed by atoms with van der Waals surface area (Å²) < 4.78 is 0. The Hall–Kier alpha value is -1.79. The van der Waals surface area contributed by atoms with Gasteiger partial charge in [0.15, 0.2) is 0 Å². The lowest BCUT2D eigenvalue weighted by Gasteiger charge is -2.02. The van der Waals surface area contributed by atoms with Crippen molar-refractivity contribution in [3.8, 4) is 6.07 Å². The summed E-state index contributed by atoms with van der Waals surface area (Å²) in [4.78, 5) is 3.13. The Morgan fingerprint density at radius 3 is 2.93 bits per heavy atom. The minimum atomic E-state index is -0.0160. The van der Waals surface area contributed by atoms with Gasteiger partial charge in [0.25, 0.3) is 0 Å². The third-order valence-electron chi connectivity index (χ3n) is 2.33. The van der Waals surface area contributed by atoms with Crippen LogP contribution in [0.15, 0.2) is 24.4 Å². The molecule has 1 aromatic heterocycles. The number of nitrogens with two attached hydrogens (primary N) is 1. The average Bonchev–Trinajstić information content (AvgIpc) is 2.59. The number of nitrogens with one attached hydrogen (secondary N) is 1. The largest absolute Gasteiger partial charge is 0.361 e. The van der Waals surface area contributed by atoms with Gasteiger partial charge in [0, 0.05) is 23.1 Å². The highest BCUT2D eigenvalue weighted by Crippen LogP contribution is 2.23. The van der Waals surface area contributed by atoms with Crippen LogP contribution in [-0.4, -0.2) is 4.98 Å². The molecule has 0 saturated heterocycles. The first-order valence-electron chi connectivity index (χ1n) is 4.49. The van der Waals surface area contributed by atoms with Crippen LogP contribution in [-0.2, 0) is 0 Å². The maximum absolute atomic E-state index is 8.77. The first-order valence-corrected chi connectivity index (χ1v) is 4.49. The smallest absolute Gasteiger partial charge is 0.0991 e. The first kappa shape index (κ1) is 8.79. The Bertz CT molecular complexity index is 503. The Morgan fingerprint density at radius 2 is 2.29 bits per heavy atom. The van der Waals surface area contributed by atoms with Crippen molar-refractivity contribution in [1.29, 1.82) is 5.26 Å². The minimum absolute atomic E-state index is 0.0160. The number of H-pyrrole nitrogens is 1. The molecule has 0 amide bonds. The summed E-state index contributed by atoms with van der Waals surface area (Å²) in [6, 6.07) is 7.67. The quantitative estimate of drug-likeness (QED) is 0.714. The van der Waals surface area contributed by atoms with Gasteiger partial charge in [-0.3, -0.25) is 0 Å². The number of rotatable bonds is 1. The van der Waals surface area contributed by atoms with Gasteiger partial charge in [-0.25, -0.2) is 0 Å². The molecule has 0 spiro atoms. The van der Waals surface area contributed by atoms with Crippen LogP contribution in [0.25, 0.3) is 10.9 Å². The molecule has 3 nitrogen and oxygen atoms in total. The topological polar surface area (TPSA) is 65.6 Å². The Labute approximate surface area is 82.1 Å². The fourth-order valence-corrected chi connectivity index (χ4v) is 1.59. The lowest BCUT2D eigenvalue weighted by Crippen LogP contribution is -2.03. The monoisotopic (exact) mass is 185 g/mol. The van der Waals surface area contributed by atoms with E-state index in [2.05, 4.69) is 11.1 Å². The Balaban J connectivity index is 2.71. The summed E-state index contributed by atoms with van der Waals surface area (Å²) in [5.41, 5.74) is 8.56. The van der Waals surface area contributed by atoms with Gasteiger partial charge in [-0.15, -0.1) is 0 Å². The van der Waals surface area contributed by atoms with Crippen molar-refractivity contribution in [1.82, 2.24) is 4.98 Å². The molecule has 0 unspecified atom stereocenters. The van der Waals surface area contributed by atoms with Gasteiger partial charge < -0.3 is 10.7 Å². The fourth-order valence-electron chi connectivity index (χ4n) is 1.59. The van der Waals surface area contributed by atoms with Crippen LogP contribution in [0.2, 0.25) is 0 Å². The molecule has 1 atom stereocenters. The van der Waals surface area contributed by atoms with Crippen LogP contribution in [0, 0.1) is 11.3 Å². The highest BCUT2D eigenvalue weighted by atomic mass is 14.7. The maximum Gasteiger partial charge on any atom is 0.0991 e. The van der Waals surface area contributed by atoms with Gasteiger partial charge in [0.1, 0.15) is 0 Å². The molecule has 2 aromatic rings. The lowest BCUT2D eigenvalue weighted by atomic mass is 10.1. The van der Waals surface area contributed by atoms with Gasteiger partial charge in [0.2, 0.25) is 0 Å². The van der Waals surface area contributed by atoms with Crippen molar-refractivity contribution in [2.75, 3.05) is 0 Å². The summed E-state index contributed by atoms with van der Waals surface area (Å²) in [6.07, 6.45) is 1.90. The summed E-state index contributed by atoms with van der Waals surface area (Å²) in [6.45, 7) is 1.93. The zero-order chi connectivity index (χ0) is 10.1. The summed E-state index contributed by atoms with van der Waals surface area (Å²) >= 11 is 0. The van der Waals surface area contributed by atoms with Crippen LogP contribution in [0.5, 0.6) is 0 Å². The fraction of sp³-hybridized carbons (Fsp3) is 0.182. The third-order valence-corrected chi connectivity index (χ3v) is 2.33. The van der Waals surface area contributed by atoms with Crippen molar-refractivity contribution in [2.45, 2.75) is 13.0 Å². The third kappa shape index (κ3) is 1.26. The average molecular weight is 185 g/mol. The number of nitrogens with zero attached hydrogens (tertiary/aromatic N) is 1. The maximum atomic E-state index is 8.77. The van der Waals surface area contributed by atoms with Gasteiger partial charge in [-0.1, -0.05) is 0 Å². The zero-order valence-corrected chi connectivity index (χ0v) is 7.91. The summed E-state index contributed by atoms with van der Waals surface area (Å²) in [5, 5.41) is 9.81. The number of benzene rings is 1. The van der Waals surface area contributed by atoms with Gasteiger partial charge in [-0.05, 0) is 30.7 Å². The summed E-state index contributed by atoms with van der Waals surface area (Å²) in [5.74, 6) is 0. The van der Waals surface area contributed by atoms with Crippen molar-refractivity contribution in [3.05, 3.63) is 35.5 Å². The second-order valence-corrected chi connectivity index (χ2v) is 3.40. The number of aromatic amines is 1. The zero-order valence-electron chi connectivity index (χ0n) is 7.91. The number of aromatic nitrogens is 1. The van der Waals surface area contributed by atoms with E-state index in [1.807, 2.05) is 25.3 Å². The number of hydrogen-bond donors (Lipinski definition) is 2. The van der Waals surface area contributed by atoms with Crippen LogP contribution < -0.4 is 5.73 Å². The second-order valence-electron chi connectivity index (χ2n) is 3.40. The molecule has 3 N–H and O–H groups in total. The molecule has 1 heterocycles. The molecule has 0 aliphatic heterocycles. The molecular weight excluding hydrogens is 174 g/mol. The Kier molecular flexibility index (Phi) is 1.99. The highest BCUT2D eigenvalue weighted by Gasteiger charge is 2.07. The SMILES string of the molecule is C[C@H](N)c1c[nH]c2ccc(C#N)cc12. The molecular formula is C11H11N3. The van der Waals surface area contributed by atoms with Crippen molar-refractivity contribution in [2.24, 2.45) is 5.73 Å². The molecule has 3 heteroatoms. The molecule has 1 aromatic carbocycles. The van der Waals surface area contributed by atoms with Gasteiger partial charge in [0.05, 0.1) is 11.6 Å². The molecule has 0 aliphatic rings. The van der Waals surface area contributed by atoms with Crippen molar-refractivity contribution in [3.63, 3.8) is 0 Å². The molecule has 2 rings (SSSR count). The van der Waals surface area contributed by atoms with Crippen LogP contribution >= 0.6 is 0 Å². The number of nitriles is 1. The minimum Gasteiger partial charge on any atom is -0.361 e. The molecule has 0 aliphatic carbocycles. The van der Waals surface area contributed by atoms with Crippen LogP contribution in [0.1, 0.15) is 24.1 Å². The van der Waals surface area contributed by atoms with Crippen LogP contribution in [0.3, 0.4) is 0 Å².